The average molecular weight is 297 g/mol. The van der Waals surface area contributed by atoms with Crippen LogP contribution in [0, 0.1) is 6.92 Å². The lowest BCUT2D eigenvalue weighted by atomic mass is 9.91. The summed E-state index contributed by atoms with van der Waals surface area (Å²) in [7, 11) is 0. The molecule has 0 aliphatic heterocycles. The number of carboxylic acids is 1. The molecule has 0 saturated heterocycles. The van der Waals surface area contributed by atoms with Crippen LogP contribution in [0.2, 0.25) is 5.02 Å². The molecule has 1 aromatic rings. The fraction of sp³-hybridized carbons (Fsp3) is 0.364. The first-order valence-corrected chi connectivity index (χ1v) is 6.08. The lowest BCUT2D eigenvalue weighted by Crippen LogP contribution is -2.55. The second kappa shape index (κ2) is 5.44. The van der Waals surface area contributed by atoms with Crippen LogP contribution in [0.1, 0.15) is 11.1 Å². The van der Waals surface area contributed by atoms with Gasteiger partial charge in [0.2, 0.25) is 0 Å². The third-order valence-electron chi connectivity index (χ3n) is 2.58. The van der Waals surface area contributed by atoms with Crippen LogP contribution < -0.4 is 5.73 Å². The number of nitrogens with two attached hydrogens (primary N) is 1. The molecule has 0 aliphatic rings. The maximum absolute atomic E-state index is 11.1. The molecule has 0 spiro atoms. The molecule has 6 heteroatoms. The Balaban J connectivity index is 3.07. The Morgan fingerprint density at radius 2 is 2.12 bits per heavy atom. The predicted octanol–water partition coefficient (Wildman–Crippen LogP) is 2.78. The highest BCUT2D eigenvalue weighted by Crippen LogP contribution is 2.25. The van der Waals surface area contributed by atoms with Gasteiger partial charge in [0.15, 0.2) is 0 Å². The molecule has 1 atom stereocenters. The van der Waals surface area contributed by atoms with Crippen molar-refractivity contribution in [2.75, 3.05) is 0 Å². The lowest BCUT2D eigenvalue weighted by Gasteiger charge is -2.26. The van der Waals surface area contributed by atoms with Crippen molar-refractivity contribution in [2.24, 2.45) is 5.73 Å². The van der Waals surface area contributed by atoms with Crippen LogP contribution in [0.3, 0.4) is 0 Å². The minimum Gasteiger partial charge on any atom is -0.480 e. The number of aliphatic carboxylic acids is 1. The first kappa shape index (κ1) is 14.6. The highest BCUT2D eigenvalue weighted by molar-refractivity contribution is 6.46. The number of carboxylic acid groups (broad SMARTS) is 1. The van der Waals surface area contributed by atoms with E-state index >= 15 is 0 Å². The molecule has 0 amide bonds. The molecular weight excluding hydrogens is 284 g/mol. The van der Waals surface area contributed by atoms with Crippen molar-refractivity contribution in [1.29, 1.82) is 0 Å². The lowest BCUT2D eigenvalue weighted by molar-refractivity contribution is -0.142. The zero-order chi connectivity index (χ0) is 13.2. The monoisotopic (exact) mass is 295 g/mol. The molecule has 0 saturated carbocycles. The Morgan fingerprint density at radius 3 is 2.53 bits per heavy atom. The second-order valence-corrected chi connectivity index (χ2v) is 5.43. The van der Waals surface area contributed by atoms with Gasteiger partial charge in [-0.15, -0.1) is 23.2 Å². The SMILES string of the molecule is Cc1cc(Cl)ccc1CC(N)(C(=O)O)C(Cl)Cl. The van der Waals surface area contributed by atoms with Crippen LogP contribution >= 0.6 is 34.8 Å². The maximum atomic E-state index is 11.1. The van der Waals surface area contributed by atoms with E-state index in [-0.39, 0.29) is 6.42 Å². The summed E-state index contributed by atoms with van der Waals surface area (Å²) < 4.78 is 0. The van der Waals surface area contributed by atoms with E-state index in [1.165, 1.54) is 0 Å². The molecule has 0 fully saturated rings. The minimum atomic E-state index is -1.71. The van der Waals surface area contributed by atoms with Gasteiger partial charge in [0.1, 0.15) is 10.4 Å². The standard InChI is InChI=1S/C11H12Cl3NO2/c1-6-4-8(12)3-2-7(6)5-11(15,9(13)14)10(16)17/h2-4,9H,5,15H2,1H3,(H,16,17). The summed E-state index contributed by atoms with van der Waals surface area (Å²) in [5.74, 6) is -1.23. The molecule has 3 N–H and O–H groups in total. The first-order chi connectivity index (χ1) is 7.77. The third-order valence-corrected chi connectivity index (χ3v) is 3.59. The molecule has 1 aromatic carbocycles. The molecule has 0 heterocycles. The van der Waals surface area contributed by atoms with E-state index in [1.807, 2.05) is 6.92 Å². The van der Waals surface area contributed by atoms with Crippen LogP contribution in [0.4, 0.5) is 0 Å². The summed E-state index contributed by atoms with van der Waals surface area (Å²) in [5.41, 5.74) is 5.62. The minimum absolute atomic E-state index is 0.0446. The van der Waals surface area contributed by atoms with Crippen molar-refractivity contribution in [1.82, 2.24) is 0 Å². The number of carbonyl (C=O) groups is 1. The van der Waals surface area contributed by atoms with Crippen molar-refractivity contribution < 1.29 is 9.90 Å². The average Bonchev–Trinajstić information content (AvgIpc) is 2.21. The zero-order valence-electron chi connectivity index (χ0n) is 9.08. The van der Waals surface area contributed by atoms with E-state index in [0.717, 1.165) is 11.1 Å². The predicted molar refractivity (Wildman–Crippen MR) is 69.9 cm³/mol. The van der Waals surface area contributed by atoms with Gasteiger partial charge >= 0.3 is 5.97 Å². The highest BCUT2D eigenvalue weighted by Gasteiger charge is 2.41. The van der Waals surface area contributed by atoms with Gasteiger partial charge in [0.25, 0.3) is 0 Å². The van der Waals surface area contributed by atoms with Crippen LogP contribution in [-0.2, 0) is 11.2 Å². The second-order valence-electron chi connectivity index (χ2n) is 3.89. The molecule has 17 heavy (non-hydrogen) atoms. The molecule has 94 valence electrons. The van der Waals surface area contributed by atoms with Gasteiger partial charge in [-0.25, -0.2) is 0 Å². The largest absolute Gasteiger partial charge is 0.480 e. The van der Waals surface area contributed by atoms with Crippen molar-refractivity contribution >= 4 is 40.8 Å². The van der Waals surface area contributed by atoms with E-state index in [9.17, 15) is 4.79 Å². The topological polar surface area (TPSA) is 63.3 Å². The molecule has 0 aromatic heterocycles. The summed E-state index contributed by atoms with van der Waals surface area (Å²) in [4.78, 5) is 9.93. The molecule has 0 bridgehead atoms. The third kappa shape index (κ3) is 3.26. The Bertz CT molecular complexity index is 437. The number of aryl methyl sites for hydroxylation is 1. The Kier molecular flexibility index (Phi) is 4.67. The summed E-state index contributed by atoms with van der Waals surface area (Å²) >= 11 is 17.1. The first-order valence-electron chi connectivity index (χ1n) is 4.83. The van der Waals surface area contributed by atoms with Crippen molar-refractivity contribution in [2.45, 2.75) is 23.7 Å². The van der Waals surface area contributed by atoms with Crippen LogP contribution in [-0.4, -0.2) is 21.5 Å². The zero-order valence-corrected chi connectivity index (χ0v) is 11.4. The van der Waals surface area contributed by atoms with Gasteiger partial charge in [-0.2, -0.15) is 0 Å². The van der Waals surface area contributed by atoms with Gasteiger partial charge in [-0.3, -0.25) is 4.79 Å². The van der Waals surface area contributed by atoms with Gasteiger partial charge in [-0.05, 0) is 30.2 Å². The van der Waals surface area contributed by atoms with E-state index in [1.54, 1.807) is 18.2 Å². The number of halogens is 3. The molecule has 3 nitrogen and oxygen atoms in total. The van der Waals surface area contributed by atoms with Crippen molar-refractivity contribution in [3.63, 3.8) is 0 Å². The number of hydrogen-bond acceptors (Lipinski definition) is 2. The van der Waals surface area contributed by atoms with E-state index in [0.29, 0.717) is 5.02 Å². The number of hydrogen-bond donors (Lipinski definition) is 2. The maximum Gasteiger partial charge on any atom is 0.326 e. The molecule has 0 radical (unpaired) electrons. The Hall–Kier alpha value is -0.480. The van der Waals surface area contributed by atoms with Gasteiger partial charge < -0.3 is 10.8 Å². The number of alkyl halides is 2. The van der Waals surface area contributed by atoms with Gasteiger partial charge in [0.05, 0.1) is 0 Å². The summed E-state index contributed by atoms with van der Waals surface area (Å²) in [5, 5.41) is 9.67. The fourth-order valence-electron chi connectivity index (χ4n) is 1.42. The molecular formula is C11H12Cl3NO2. The van der Waals surface area contributed by atoms with Gasteiger partial charge in [0, 0.05) is 11.4 Å². The number of rotatable bonds is 4. The summed E-state index contributed by atoms with van der Waals surface area (Å²) in [6, 6.07) is 5.12. The molecule has 0 aliphatic carbocycles. The fourth-order valence-corrected chi connectivity index (χ4v) is 1.99. The van der Waals surface area contributed by atoms with E-state index in [2.05, 4.69) is 0 Å². The van der Waals surface area contributed by atoms with Crippen LogP contribution in [0.5, 0.6) is 0 Å². The smallest absolute Gasteiger partial charge is 0.326 e. The summed E-state index contributed by atoms with van der Waals surface area (Å²) in [6.45, 7) is 1.82. The Labute approximate surface area is 114 Å². The number of benzene rings is 1. The molecule has 1 unspecified atom stereocenters. The van der Waals surface area contributed by atoms with Gasteiger partial charge in [-0.1, -0.05) is 17.7 Å². The van der Waals surface area contributed by atoms with Crippen LogP contribution in [0.25, 0.3) is 0 Å². The van der Waals surface area contributed by atoms with Crippen molar-refractivity contribution in [3.8, 4) is 0 Å². The summed E-state index contributed by atoms with van der Waals surface area (Å²) in [6.07, 6.45) is 0.0446. The quantitative estimate of drug-likeness (QED) is 0.840. The normalized spacial score (nSPS) is 14.7. The van der Waals surface area contributed by atoms with E-state index in [4.69, 9.17) is 45.6 Å². The van der Waals surface area contributed by atoms with Crippen LogP contribution in [0.15, 0.2) is 18.2 Å². The molecule has 1 rings (SSSR count). The van der Waals surface area contributed by atoms with E-state index < -0.39 is 16.3 Å². The Morgan fingerprint density at radius 1 is 1.53 bits per heavy atom. The van der Waals surface area contributed by atoms with Crippen molar-refractivity contribution in [3.05, 3.63) is 34.3 Å². The highest BCUT2D eigenvalue weighted by atomic mass is 35.5.